The summed E-state index contributed by atoms with van der Waals surface area (Å²) in [4.78, 5) is 58.5. The zero-order valence-corrected chi connectivity index (χ0v) is 23.2. The van der Waals surface area contributed by atoms with Crippen LogP contribution in [0.2, 0.25) is 0 Å². The third kappa shape index (κ3) is 20.4. The molecule has 0 radical (unpaired) electrons. The normalized spacial score (nSPS) is 12.2. The van der Waals surface area contributed by atoms with Crippen LogP contribution in [0.25, 0.3) is 0 Å². The molecule has 0 aliphatic heterocycles. The molecular weight excluding hydrogens is 500 g/mol. The summed E-state index contributed by atoms with van der Waals surface area (Å²) in [6.07, 6.45) is 4.36. The Hall–Kier alpha value is -2.69. The van der Waals surface area contributed by atoms with Gasteiger partial charge in [-0.15, -0.1) is 0 Å². The number of esters is 5. The highest BCUT2D eigenvalue weighted by Gasteiger charge is 2.23. The first-order valence-corrected chi connectivity index (χ1v) is 13.7. The summed E-state index contributed by atoms with van der Waals surface area (Å²) in [5, 5.41) is 10.6. The fourth-order valence-corrected chi connectivity index (χ4v) is 3.30. The summed E-state index contributed by atoms with van der Waals surface area (Å²) in [5.74, 6) is -2.94. The summed E-state index contributed by atoms with van der Waals surface area (Å²) >= 11 is 0. The molecule has 220 valence electrons. The van der Waals surface area contributed by atoms with Gasteiger partial charge in [-0.25, -0.2) is 0 Å². The van der Waals surface area contributed by atoms with Crippen LogP contribution >= 0.6 is 0 Å². The van der Waals surface area contributed by atoms with Crippen molar-refractivity contribution in [1.29, 1.82) is 0 Å². The van der Waals surface area contributed by atoms with E-state index in [1.54, 1.807) is 0 Å². The molecule has 0 rings (SSSR count). The van der Waals surface area contributed by atoms with E-state index in [4.69, 9.17) is 18.9 Å². The predicted molar refractivity (Wildman–Crippen MR) is 137 cm³/mol. The van der Waals surface area contributed by atoms with Gasteiger partial charge in [0.2, 0.25) is 6.79 Å². The van der Waals surface area contributed by atoms with Gasteiger partial charge < -0.3 is 28.8 Å². The summed E-state index contributed by atoms with van der Waals surface area (Å²) in [5.41, 5.74) is 0. The second kappa shape index (κ2) is 23.4. The third-order valence-corrected chi connectivity index (χ3v) is 5.36. The highest BCUT2D eigenvalue weighted by atomic mass is 16.7. The minimum absolute atomic E-state index is 0.0528. The van der Waals surface area contributed by atoms with Crippen molar-refractivity contribution in [3.8, 4) is 0 Å². The molecule has 0 aliphatic carbocycles. The molecule has 11 heteroatoms. The molecule has 0 bridgehead atoms. The Morgan fingerprint density at radius 3 is 1.76 bits per heavy atom. The third-order valence-electron chi connectivity index (χ3n) is 5.36. The quantitative estimate of drug-likeness (QED) is 0.0652. The number of hydrogen-bond acceptors (Lipinski definition) is 11. The van der Waals surface area contributed by atoms with E-state index in [0.29, 0.717) is 45.1 Å². The van der Waals surface area contributed by atoms with Gasteiger partial charge in [0.15, 0.2) is 0 Å². The van der Waals surface area contributed by atoms with Crippen LogP contribution in [0.1, 0.15) is 111 Å². The fourth-order valence-electron chi connectivity index (χ4n) is 3.30. The molecule has 0 aromatic heterocycles. The first kappa shape index (κ1) is 35.3. The van der Waals surface area contributed by atoms with Crippen molar-refractivity contribution in [3.63, 3.8) is 0 Å². The van der Waals surface area contributed by atoms with Crippen LogP contribution < -0.4 is 0 Å². The highest BCUT2D eigenvalue weighted by molar-refractivity contribution is 5.91. The van der Waals surface area contributed by atoms with Crippen LogP contribution in [0.15, 0.2) is 0 Å². The van der Waals surface area contributed by atoms with Crippen molar-refractivity contribution in [3.05, 3.63) is 0 Å². The van der Waals surface area contributed by atoms with Crippen molar-refractivity contribution in [2.75, 3.05) is 20.0 Å². The summed E-state index contributed by atoms with van der Waals surface area (Å²) in [6.45, 7) is 5.76. The molecule has 0 heterocycles. The molecular formula is C27H46O11. The number of unbranched alkanes of at least 4 members (excludes halogenated alkanes) is 3. The number of rotatable bonds is 23. The lowest BCUT2D eigenvalue weighted by atomic mass is 10.0. The van der Waals surface area contributed by atoms with Crippen molar-refractivity contribution in [1.82, 2.24) is 0 Å². The minimum Gasteiger partial charge on any atom is -0.466 e. The second-order valence-corrected chi connectivity index (χ2v) is 8.96. The molecule has 0 aromatic rings. The molecule has 38 heavy (non-hydrogen) atoms. The highest BCUT2D eigenvalue weighted by Crippen LogP contribution is 2.17. The van der Waals surface area contributed by atoms with Gasteiger partial charge >= 0.3 is 29.8 Å². The van der Waals surface area contributed by atoms with Crippen molar-refractivity contribution in [2.45, 2.75) is 123 Å². The Kier molecular flexibility index (Phi) is 21.8. The van der Waals surface area contributed by atoms with Gasteiger partial charge in [0.25, 0.3) is 0 Å². The number of carbonyl (C=O) groups is 5. The van der Waals surface area contributed by atoms with Crippen molar-refractivity contribution < 1.29 is 52.8 Å². The lowest BCUT2D eigenvalue weighted by molar-refractivity contribution is -0.169. The predicted octanol–water partition coefficient (Wildman–Crippen LogP) is 3.91. The van der Waals surface area contributed by atoms with E-state index in [2.05, 4.69) is 11.7 Å². The molecule has 0 spiro atoms. The summed E-state index contributed by atoms with van der Waals surface area (Å²) < 4.78 is 24.8. The van der Waals surface area contributed by atoms with Gasteiger partial charge in [-0.05, 0) is 44.9 Å². The lowest BCUT2D eigenvalue weighted by Gasteiger charge is -2.23. The summed E-state index contributed by atoms with van der Waals surface area (Å²) in [7, 11) is 0. The van der Waals surface area contributed by atoms with Gasteiger partial charge in [-0.2, -0.15) is 0 Å². The Morgan fingerprint density at radius 1 is 0.579 bits per heavy atom. The maximum absolute atomic E-state index is 12.3. The van der Waals surface area contributed by atoms with Gasteiger partial charge in [0, 0.05) is 19.3 Å². The zero-order chi connectivity index (χ0) is 28.6. The van der Waals surface area contributed by atoms with Crippen molar-refractivity contribution in [2.24, 2.45) is 0 Å². The van der Waals surface area contributed by atoms with Crippen molar-refractivity contribution >= 4 is 29.8 Å². The number of ether oxygens (including phenoxy) is 5. The lowest BCUT2D eigenvalue weighted by Crippen LogP contribution is -2.31. The first-order chi connectivity index (χ1) is 18.2. The average molecular weight is 547 g/mol. The Morgan fingerprint density at radius 2 is 1.11 bits per heavy atom. The molecule has 0 aromatic carbocycles. The average Bonchev–Trinajstić information content (AvgIpc) is 2.88. The zero-order valence-electron chi connectivity index (χ0n) is 23.2. The Bertz CT molecular complexity index is 693. The van der Waals surface area contributed by atoms with E-state index >= 15 is 0 Å². The number of hydrogen-bond donors (Lipinski definition) is 1. The Balaban J connectivity index is 4.27. The SMILES string of the molecule is CCCCCC(OC(=O)CCCC(=O)OCCC)C(O)CCCCC(=O)OCOC(=O)CC(=O)OCCC. The van der Waals surface area contributed by atoms with E-state index < -0.39 is 49.3 Å². The topological polar surface area (TPSA) is 152 Å². The van der Waals surface area contributed by atoms with E-state index in [1.807, 2.05) is 13.8 Å². The Labute approximate surface area is 225 Å². The first-order valence-electron chi connectivity index (χ1n) is 13.7. The van der Waals surface area contributed by atoms with Gasteiger partial charge in [-0.1, -0.05) is 40.0 Å². The van der Waals surface area contributed by atoms with Crippen LogP contribution in [0.5, 0.6) is 0 Å². The summed E-state index contributed by atoms with van der Waals surface area (Å²) in [6, 6.07) is 0. The standard InChI is InChI=1S/C27H46O11/c1-4-7-8-13-22(38-25(31)16-11-15-23(29)34-17-5-2)21(28)12-9-10-14-24(30)36-20-37-27(33)19-26(32)35-18-6-3/h21-22,28H,4-20H2,1-3H3. The minimum atomic E-state index is -0.880. The van der Waals surface area contributed by atoms with E-state index in [1.165, 1.54) is 0 Å². The largest absolute Gasteiger partial charge is 0.466 e. The van der Waals surface area contributed by atoms with Gasteiger partial charge in [-0.3, -0.25) is 24.0 Å². The van der Waals surface area contributed by atoms with E-state index in [9.17, 15) is 29.1 Å². The van der Waals surface area contributed by atoms with Crippen LogP contribution in [0.4, 0.5) is 0 Å². The van der Waals surface area contributed by atoms with Crippen LogP contribution in [0.3, 0.4) is 0 Å². The fraction of sp³-hybridized carbons (Fsp3) is 0.815. The molecule has 2 atom stereocenters. The van der Waals surface area contributed by atoms with Crippen LogP contribution in [-0.4, -0.2) is 67.2 Å². The van der Waals surface area contributed by atoms with Gasteiger partial charge in [0.05, 0.1) is 19.3 Å². The molecule has 0 amide bonds. The second-order valence-electron chi connectivity index (χ2n) is 8.96. The molecule has 0 aliphatic rings. The number of aliphatic hydroxyl groups excluding tert-OH is 1. The molecule has 0 saturated heterocycles. The number of carbonyl (C=O) groups excluding carboxylic acids is 5. The monoisotopic (exact) mass is 546 g/mol. The van der Waals surface area contributed by atoms with Gasteiger partial charge in [0.1, 0.15) is 12.5 Å². The van der Waals surface area contributed by atoms with E-state index in [-0.39, 0.29) is 31.8 Å². The van der Waals surface area contributed by atoms with Crippen LogP contribution in [-0.2, 0) is 47.7 Å². The van der Waals surface area contributed by atoms with E-state index in [0.717, 1.165) is 25.7 Å². The van der Waals surface area contributed by atoms with Crippen LogP contribution in [0, 0.1) is 0 Å². The molecule has 0 fully saturated rings. The maximum Gasteiger partial charge on any atom is 0.320 e. The molecule has 1 N–H and O–H groups in total. The molecule has 2 unspecified atom stereocenters. The molecule has 11 nitrogen and oxygen atoms in total. The smallest absolute Gasteiger partial charge is 0.320 e. The number of aliphatic hydroxyl groups is 1. The maximum atomic E-state index is 12.3. The molecule has 0 saturated carbocycles.